The van der Waals surface area contributed by atoms with E-state index in [1.54, 1.807) is 7.11 Å². The lowest BCUT2D eigenvalue weighted by molar-refractivity contribution is -0.138. The first kappa shape index (κ1) is 23.9. The third-order valence-corrected chi connectivity index (χ3v) is 6.77. The summed E-state index contributed by atoms with van der Waals surface area (Å²) in [6.07, 6.45) is 5.29. The molecule has 0 atom stereocenters. The number of nitrogens with one attached hydrogen (secondary N) is 3. The van der Waals surface area contributed by atoms with Crippen molar-refractivity contribution in [3.8, 4) is 5.75 Å². The molecule has 1 aromatic carbocycles. The number of carbonyl (C=O) groups is 2. The molecule has 3 N–H and O–H groups in total. The molecule has 0 bridgehead atoms. The zero-order chi connectivity index (χ0) is 23.1. The van der Waals surface area contributed by atoms with Gasteiger partial charge in [-0.15, -0.1) is 0 Å². The second-order valence-electron chi connectivity index (χ2n) is 8.93. The molecule has 2 amide bonds. The van der Waals surface area contributed by atoms with Gasteiger partial charge in [0, 0.05) is 38.7 Å². The number of piperidine rings is 1. The van der Waals surface area contributed by atoms with E-state index >= 15 is 0 Å². The van der Waals surface area contributed by atoms with Crippen LogP contribution in [-0.4, -0.2) is 56.3 Å². The van der Waals surface area contributed by atoms with E-state index in [1.165, 1.54) is 6.92 Å². The highest BCUT2D eigenvalue weighted by molar-refractivity contribution is 6.00. The predicted octanol–water partition coefficient (Wildman–Crippen LogP) is 3.30. The van der Waals surface area contributed by atoms with Crippen molar-refractivity contribution in [1.82, 2.24) is 10.2 Å². The van der Waals surface area contributed by atoms with Crippen molar-refractivity contribution < 1.29 is 14.3 Å². The molecule has 176 valence electrons. The van der Waals surface area contributed by atoms with E-state index in [0.717, 1.165) is 49.4 Å². The largest absolute Gasteiger partial charge is 0.497 e. The monoisotopic (exact) mass is 442 g/mol. The molecule has 1 aromatic rings. The van der Waals surface area contributed by atoms with E-state index < -0.39 is 0 Å². The molecule has 0 spiro atoms. The summed E-state index contributed by atoms with van der Waals surface area (Å²) in [5.41, 5.74) is 2.08. The number of amides is 2. The minimum absolute atomic E-state index is 0.0371. The molecule has 2 aliphatic rings. The lowest BCUT2D eigenvalue weighted by atomic mass is 9.81. The first-order chi connectivity index (χ1) is 15.4. The maximum Gasteiger partial charge on any atom is 0.225 e. The first-order valence-corrected chi connectivity index (χ1v) is 11.6. The molecular weight excluding hydrogens is 406 g/mol. The number of nitrogens with zero attached hydrogens (tertiary/aromatic N) is 2. The van der Waals surface area contributed by atoms with Crippen molar-refractivity contribution in [3.05, 3.63) is 23.6 Å². The van der Waals surface area contributed by atoms with Crippen molar-refractivity contribution in [2.45, 2.75) is 45.4 Å². The number of hydrogen-bond donors (Lipinski definition) is 3. The molecule has 0 radical (unpaired) electrons. The smallest absolute Gasteiger partial charge is 0.225 e. The summed E-state index contributed by atoms with van der Waals surface area (Å²) < 4.78 is 5.34. The number of anilines is 2. The van der Waals surface area contributed by atoms with Crippen LogP contribution in [0.15, 0.2) is 18.2 Å². The lowest BCUT2D eigenvalue weighted by Crippen LogP contribution is -2.46. The Balaban J connectivity index is 1.43. The Morgan fingerprint density at radius 3 is 2.34 bits per heavy atom. The van der Waals surface area contributed by atoms with Crippen LogP contribution in [0.25, 0.3) is 5.41 Å². The third kappa shape index (κ3) is 6.14. The minimum atomic E-state index is -0.263. The van der Waals surface area contributed by atoms with E-state index in [1.807, 2.05) is 30.1 Å². The number of benzene rings is 1. The van der Waals surface area contributed by atoms with Gasteiger partial charge in [-0.25, -0.2) is 0 Å². The Morgan fingerprint density at radius 2 is 1.75 bits per heavy atom. The summed E-state index contributed by atoms with van der Waals surface area (Å²) >= 11 is 0. The summed E-state index contributed by atoms with van der Waals surface area (Å²) in [5.74, 6) is 1.43. The average molecular weight is 443 g/mol. The van der Waals surface area contributed by atoms with Crippen LogP contribution < -0.4 is 20.7 Å². The van der Waals surface area contributed by atoms with Gasteiger partial charge in [-0.2, -0.15) is 0 Å². The fraction of sp³-hybridized carbons (Fsp3) is 0.625. The van der Waals surface area contributed by atoms with Gasteiger partial charge in [0.25, 0.3) is 0 Å². The van der Waals surface area contributed by atoms with E-state index in [4.69, 9.17) is 4.74 Å². The van der Waals surface area contributed by atoms with Crippen LogP contribution in [0.5, 0.6) is 5.75 Å². The summed E-state index contributed by atoms with van der Waals surface area (Å²) in [5, 5.41) is 19.2. The van der Waals surface area contributed by atoms with Crippen molar-refractivity contribution in [2.24, 2.45) is 17.8 Å². The van der Waals surface area contributed by atoms with Gasteiger partial charge in [0.15, 0.2) is 0 Å². The molecule has 1 saturated carbocycles. The Kier molecular flexibility index (Phi) is 8.36. The molecule has 8 nitrogen and oxygen atoms in total. The van der Waals surface area contributed by atoms with Gasteiger partial charge >= 0.3 is 0 Å². The SMILES string of the molecule is CNc1ccc(OC)cc1NCC1CCC(C(=O)N2CCC(C(=[N-])NC(C)=O)CC2)CC1. The second kappa shape index (κ2) is 11.2. The molecule has 2 fully saturated rings. The average Bonchev–Trinajstić information content (AvgIpc) is 2.82. The van der Waals surface area contributed by atoms with Crippen LogP contribution in [0.3, 0.4) is 0 Å². The lowest BCUT2D eigenvalue weighted by Gasteiger charge is -2.38. The maximum atomic E-state index is 13.0. The Hall–Kier alpha value is -2.77. The Labute approximate surface area is 191 Å². The number of hydrogen-bond acceptors (Lipinski definition) is 5. The van der Waals surface area contributed by atoms with E-state index in [9.17, 15) is 15.0 Å². The van der Waals surface area contributed by atoms with Crippen molar-refractivity contribution in [3.63, 3.8) is 0 Å². The summed E-state index contributed by atoms with van der Waals surface area (Å²) in [6.45, 7) is 3.54. The summed E-state index contributed by atoms with van der Waals surface area (Å²) in [6, 6.07) is 5.95. The van der Waals surface area contributed by atoms with Gasteiger partial charge in [0.1, 0.15) is 11.7 Å². The number of rotatable bonds is 7. The van der Waals surface area contributed by atoms with Crippen LogP contribution >= 0.6 is 0 Å². The molecule has 3 rings (SSSR count). The fourth-order valence-corrected chi connectivity index (χ4v) is 4.80. The number of ether oxygens (including phenoxy) is 1. The zero-order valence-corrected chi connectivity index (χ0v) is 19.4. The maximum absolute atomic E-state index is 13.0. The Bertz CT molecular complexity index is 812. The number of likely N-dealkylation sites (tertiary alicyclic amines) is 1. The normalized spacial score (nSPS) is 21.5. The molecule has 0 aromatic heterocycles. The quantitative estimate of drug-likeness (QED) is 0.444. The van der Waals surface area contributed by atoms with Gasteiger partial charge in [-0.1, -0.05) is 5.84 Å². The zero-order valence-electron chi connectivity index (χ0n) is 19.4. The fourth-order valence-electron chi connectivity index (χ4n) is 4.80. The summed E-state index contributed by atoms with van der Waals surface area (Å²) in [4.78, 5) is 26.1. The van der Waals surface area contributed by atoms with Gasteiger partial charge in [0.2, 0.25) is 5.91 Å². The van der Waals surface area contributed by atoms with Gasteiger partial charge in [-0.05, 0) is 69.4 Å². The van der Waals surface area contributed by atoms with Gasteiger partial charge in [-0.3, -0.25) is 9.59 Å². The number of methoxy groups -OCH3 is 1. The minimum Gasteiger partial charge on any atom is -0.497 e. The predicted molar refractivity (Wildman–Crippen MR) is 128 cm³/mol. The number of amidine groups is 1. The molecule has 1 aliphatic carbocycles. The Morgan fingerprint density at radius 1 is 1.06 bits per heavy atom. The number of carbonyl (C=O) groups excluding carboxylic acids is 2. The van der Waals surface area contributed by atoms with Crippen LogP contribution in [0, 0.1) is 17.8 Å². The topological polar surface area (TPSA) is 105 Å². The molecule has 32 heavy (non-hydrogen) atoms. The third-order valence-electron chi connectivity index (χ3n) is 6.77. The van der Waals surface area contributed by atoms with Gasteiger partial charge < -0.3 is 31.0 Å². The highest BCUT2D eigenvalue weighted by Gasteiger charge is 2.31. The van der Waals surface area contributed by atoms with E-state index in [-0.39, 0.29) is 29.5 Å². The van der Waals surface area contributed by atoms with Crippen LogP contribution in [0.4, 0.5) is 11.4 Å². The molecular formula is C24H36N5O3-. The van der Waals surface area contributed by atoms with Crippen LogP contribution in [0.1, 0.15) is 45.4 Å². The van der Waals surface area contributed by atoms with E-state index in [2.05, 4.69) is 16.0 Å². The first-order valence-electron chi connectivity index (χ1n) is 11.6. The molecule has 1 saturated heterocycles. The standard InChI is InChI=1S/C24H36N5O3/c1-16(30)28-23(25)18-10-12-29(13-11-18)24(31)19-6-4-17(5-7-19)15-27-22-14-20(32-3)8-9-21(22)26-2/h8-9,14,17-19,26-27H,4-7,10-13,15H2,1-3H3,(H-,25,28,30)/q-1. The van der Waals surface area contributed by atoms with Crippen LogP contribution in [0.2, 0.25) is 0 Å². The van der Waals surface area contributed by atoms with Gasteiger partial charge in [0.05, 0.1) is 18.5 Å². The molecule has 0 unspecified atom stereocenters. The second-order valence-corrected chi connectivity index (χ2v) is 8.93. The molecule has 1 heterocycles. The van der Waals surface area contributed by atoms with Crippen molar-refractivity contribution >= 4 is 29.0 Å². The highest BCUT2D eigenvalue weighted by atomic mass is 16.5. The summed E-state index contributed by atoms with van der Waals surface area (Å²) in [7, 11) is 3.58. The van der Waals surface area contributed by atoms with Crippen LogP contribution in [-0.2, 0) is 9.59 Å². The van der Waals surface area contributed by atoms with Crippen molar-refractivity contribution in [2.75, 3.05) is 44.4 Å². The molecule has 8 heteroatoms. The molecule has 1 aliphatic heterocycles. The highest BCUT2D eigenvalue weighted by Crippen LogP contribution is 2.33. The van der Waals surface area contributed by atoms with E-state index in [0.29, 0.717) is 31.8 Å². The van der Waals surface area contributed by atoms with Crippen molar-refractivity contribution in [1.29, 1.82) is 0 Å².